The number of carbonyl (C=O) groups is 4. The third kappa shape index (κ3) is 9.31. The van der Waals surface area contributed by atoms with Gasteiger partial charge in [0.05, 0.1) is 19.8 Å². The number of hydrogen-bond acceptors (Lipinski definition) is 8. The zero-order valence-electron chi connectivity index (χ0n) is 28.1. The van der Waals surface area contributed by atoms with Crippen molar-refractivity contribution in [1.29, 1.82) is 0 Å². The molecule has 1 aliphatic heterocycles. The van der Waals surface area contributed by atoms with E-state index in [0.29, 0.717) is 49.1 Å². The van der Waals surface area contributed by atoms with Crippen molar-refractivity contribution in [2.75, 3.05) is 26.7 Å². The van der Waals surface area contributed by atoms with Gasteiger partial charge in [-0.2, -0.15) is 0 Å². The molecule has 0 fully saturated rings. The minimum absolute atomic E-state index is 0.142. The van der Waals surface area contributed by atoms with Crippen LogP contribution >= 0.6 is 0 Å². The average Bonchev–Trinajstić information content (AvgIpc) is 3.04. The lowest BCUT2D eigenvalue weighted by molar-refractivity contribution is -0.126. The van der Waals surface area contributed by atoms with Crippen LogP contribution in [0, 0.1) is 13.8 Å². The summed E-state index contributed by atoms with van der Waals surface area (Å²) >= 11 is 0. The molecule has 4 N–H and O–H groups in total. The number of aliphatic hydroxyl groups excluding tert-OH is 1. The molecule has 4 amide bonds. The van der Waals surface area contributed by atoms with Crippen molar-refractivity contribution in [3.8, 4) is 5.75 Å². The third-order valence-electron chi connectivity index (χ3n) is 8.35. The predicted octanol–water partition coefficient (Wildman–Crippen LogP) is 2.24. The number of rotatable bonds is 6. The van der Waals surface area contributed by atoms with E-state index in [0.717, 1.165) is 22.4 Å². The van der Waals surface area contributed by atoms with Gasteiger partial charge in [-0.3, -0.25) is 19.2 Å². The van der Waals surface area contributed by atoms with Crippen molar-refractivity contribution in [2.24, 2.45) is 0 Å². The van der Waals surface area contributed by atoms with E-state index < -0.39 is 47.4 Å². The average molecular weight is 661 g/mol. The van der Waals surface area contributed by atoms with Crippen molar-refractivity contribution in [3.05, 3.63) is 98.1 Å². The first kappa shape index (κ1) is 35.9. The quantitative estimate of drug-likeness (QED) is 0.312. The summed E-state index contributed by atoms with van der Waals surface area (Å²) in [7, 11) is 1.59. The number of amides is 4. The first-order valence-electron chi connectivity index (χ1n) is 16.1. The first-order valence-corrected chi connectivity index (χ1v) is 16.1. The van der Waals surface area contributed by atoms with Crippen LogP contribution in [-0.2, 0) is 28.9 Å². The van der Waals surface area contributed by atoms with Crippen molar-refractivity contribution in [2.45, 2.75) is 71.6 Å². The lowest BCUT2D eigenvalue weighted by Crippen LogP contribution is -2.56. The van der Waals surface area contributed by atoms with Crippen molar-refractivity contribution >= 4 is 23.6 Å². The van der Waals surface area contributed by atoms with Crippen LogP contribution in [0.2, 0.25) is 0 Å². The summed E-state index contributed by atoms with van der Waals surface area (Å²) in [5, 5.41) is 18.6. The van der Waals surface area contributed by atoms with Crippen molar-refractivity contribution in [1.82, 2.24) is 20.9 Å². The molecule has 48 heavy (non-hydrogen) atoms. The summed E-state index contributed by atoms with van der Waals surface area (Å²) in [4.78, 5) is 67.7. The molecular weight excluding hydrogens is 616 g/mol. The molecule has 3 aromatic rings. The molecule has 0 unspecified atom stereocenters. The number of aryl methyl sites for hydroxylation is 5. The topological polar surface area (TPSA) is 167 Å². The van der Waals surface area contributed by atoms with E-state index in [1.807, 2.05) is 37.3 Å². The molecule has 4 rings (SSSR count). The molecule has 2 bridgehead atoms. The smallest absolute Gasteiger partial charge is 0.349 e. The third-order valence-corrected chi connectivity index (χ3v) is 8.35. The number of fused-ring (bicyclic) bond motifs is 2. The molecule has 1 aromatic heterocycles. The van der Waals surface area contributed by atoms with Crippen LogP contribution in [0.15, 0.2) is 57.7 Å². The van der Waals surface area contributed by atoms with E-state index in [9.17, 15) is 29.1 Å². The molecule has 0 saturated carbocycles. The predicted molar refractivity (Wildman–Crippen MR) is 179 cm³/mol. The summed E-state index contributed by atoms with van der Waals surface area (Å²) in [5.74, 6) is -1.19. The second-order valence-corrected chi connectivity index (χ2v) is 12.3. The molecule has 2 heterocycles. The van der Waals surface area contributed by atoms with E-state index in [2.05, 4.69) is 16.0 Å². The van der Waals surface area contributed by atoms with E-state index in [4.69, 9.17) is 9.15 Å². The molecule has 256 valence electrons. The Morgan fingerprint density at radius 1 is 1.02 bits per heavy atom. The highest BCUT2D eigenvalue weighted by atomic mass is 16.5. The highest BCUT2D eigenvalue weighted by Crippen LogP contribution is 2.17. The van der Waals surface area contributed by atoms with Crippen LogP contribution in [0.4, 0.5) is 0 Å². The van der Waals surface area contributed by atoms with Crippen LogP contribution in [0.1, 0.15) is 69.0 Å². The van der Waals surface area contributed by atoms with E-state index in [-0.39, 0.29) is 18.7 Å². The summed E-state index contributed by atoms with van der Waals surface area (Å²) in [5.41, 5.74) is 2.60. The Balaban J connectivity index is 1.56. The minimum atomic E-state index is -1.28. The lowest BCUT2D eigenvalue weighted by atomic mass is 10.00. The standard InChI is InChI=1S/C36H44N4O8/c1-21-8-12-27-18-26(21)7-6-16-37-30(42)20-40(19-23(3)38-34(44)32(24(4)41)39-33(27)43)35(45)31-22(2)17-29(48-36(31)46)15-11-25-9-13-28(47-5)14-10-25/h8-10,12-14,17-18,23-24,32,41H,6-7,11,15-16,19-20H2,1-5H3,(H,37,42)(H,38,44)(H,39,43)/t23-,24-,32+/m1/s1. The number of ether oxygens (including phenoxy) is 1. The molecule has 12 nitrogen and oxygen atoms in total. The second-order valence-electron chi connectivity index (χ2n) is 12.3. The Kier molecular flexibility index (Phi) is 12.1. The number of nitrogens with one attached hydrogen (secondary N) is 3. The van der Waals surface area contributed by atoms with Gasteiger partial charge in [0, 0.05) is 31.1 Å². The molecule has 12 heteroatoms. The largest absolute Gasteiger partial charge is 0.497 e. The number of carbonyl (C=O) groups excluding carboxylic acids is 4. The Labute approximate surface area is 279 Å². The monoisotopic (exact) mass is 660 g/mol. The lowest BCUT2D eigenvalue weighted by Gasteiger charge is -2.28. The minimum Gasteiger partial charge on any atom is -0.497 e. The van der Waals surface area contributed by atoms with Crippen LogP contribution < -0.4 is 26.3 Å². The zero-order valence-corrected chi connectivity index (χ0v) is 28.1. The van der Waals surface area contributed by atoms with Crippen molar-refractivity contribution < 1.29 is 33.4 Å². The van der Waals surface area contributed by atoms with Crippen LogP contribution in [0.3, 0.4) is 0 Å². The maximum Gasteiger partial charge on any atom is 0.349 e. The van der Waals surface area contributed by atoms with E-state index in [1.54, 1.807) is 39.2 Å². The number of benzene rings is 2. The summed E-state index contributed by atoms with van der Waals surface area (Å²) in [6, 6.07) is 12.4. The normalized spacial score (nSPS) is 18.6. The van der Waals surface area contributed by atoms with Crippen LogP contribution in [0.5, 0.6) is 5.75 Å². The zero-order chi connectivity index (χ0) is 35.0. The van der Waals surface area contributed by atoms with Crippen LogP contribution in [-0.4, -0.2) is 78.6 Å². The summed E-state index contributed by atoms with van der Waals surface area (Å²) in [6.45, 7) is 6.37. The number of hydrogen-bond donors (Lipinski definition) is 4. The summed E-state index contributed by atoms with van der Waals surface area (Å²) < 4.78 is 10.8. The number of nitrogens with zero attached hydrogens (tertiary/aromatic N) is 1. The number of aliphatic hydroxyl groups is 1. The molecular formula is C36H44N4O8. The van der Waals surface area contributed by atoms with Crippen molar-refractivity contribution in [3.63, 3.8) is 0 Å². The molecule has 2 aromatic carbocycles. The SMILES string of the molecule is COc1ccc(CCc2cc(C)c(C(=O)N3CC(=O)NCCCc4cc(ccc4C)C(=O)N[C@@H]([C@@H](C)O)C(=O)N[C@H](C)C3)c(=O)o2)cc1. The Bertz CT molecular complexity index is 1700. The Morgan fingerprint density at radius 2 is 1.75 bits per heavy atom. The van der Waals surface area contributed by atoms with E-state index in [1.165, 1.54) is 11.8 Å². The Morgan fingerprint density at radius 3 is 2.42 bits per heavy atom. The number of methoxy groups -OCH3 is 1. The molecule has 0 radical (unpaired) electrons. The maximum atomic E-state index is 13.9. The van der Waals surface area contributed by atoms with E-state index >= 15 is 0 Å². The maximum absolute atomic E-state index is 13.9. The van der Waals surface area contributed by atoms with Gasteiger partial charge < -0.3 is 35.1 Å². The van der Waals surface area contributed by atoms with Gasteiger partial charge in [0.2, 0.25) is 11.8 Å². The molecule has 0 saturated heterocycles. The van der Waals surface area contributed by atoms with Gasteiger partial charge in [-0.1, -0.05) is 18.2 Å². The highest BCUT2D eigenvalue weighted by molar-refractivity contribution is 5.98. The fourth-order valence-corrected chi connectivity index (χ4v) is 5.65. The Hall–Kier alpha value is -4.97. The van der Waals surface area contributed by atoms with Gasteiger partial charge in [0.1, 0.15) is 23.1 Å². The highest BCUT2D eigenvalue weighted by Gasteiger charge is 2.30. The van der Waals surface area contributed by atoms with Gasteiger partial charge in [0.25, 0.3) is 11.8 Å². The summed E-state index contributed by atoms with van der Waals surface area (Å²) in [6.07, 6.45) is 0.933. The fourth-order valence-electron chi connectivity index (χ4n) is 5.65. The van der Waals surface area contributed by atoms with Gasteiger partial charge in [-0.25, -0.2) is 4.79 Å². The van der Waals surface area contributed by atoms with Crippen LogP contribution in [0.25, 0.3) is 0 Å². The van der Waals surface area contributed by atoms with Gasteiger partial charge >= 0.3 is 5.63 Å². The molecule has 0 spiro atoms. The molecule has 1 aliphatic rings. The fraction of sp³-hybridized carbons (Fsp3) is 0.417. The molecule has 3 atom stereocenters. The van der Waals surface area contributed by atoms with Gasteiger partial charge in [0.15, 0.2) is 0 Å². The van der Waals surface area contributed by atoms with Gasteiger partial charge in [-0.05, 0) is 99.5 Å². The first-order chi connectivity index (χ1) is 22.9. The second kappa shape index (κ2) is 16.2. The van der Waals surface area contributed by atoms with Gasteiger partial charge in [-0.15, -0.1) is 0 Å². The molecule has 0 aliphatic carbocycles.